The van der Waals surface area contributed by atoms with E-state index in [1.807, 2.05) is 22.3 Å². The van der Waals surface area contributed by atoms with Gasteiger partial charge in [0, 0.05) is 24.0 Å². The Bertz CT molecular complexity index is 743. The summed E-state index contributed by atoms with van der Waals surface area (Å²) in [5.41, 5.74) is 1.79. The maximum atomic E-state index is 4.59. The van der Waals surface area contributed by atoms with E-state index in [2.05, 4.69) is 54.1 Å². The number of nitrogens with zero attached hydrogens (tertiary/aromatic N) is 4. The second-order valence-corrected chi connectivity index (χ2v) is 6.81. The molecule has 3 aromatic rings. The third kappa shape index (κ3) is 2.63. The first kappa shape index (κ1) is 14.0. The van der Waals surface area contributed by atoms with Crippen LogP contribution in [0.25, 0.3) is 5.52 Å². The summed E-state index contributed by atoms with van der Waals surface area (Å²) in [4.78, 5) is 8.88. The number of rotatable bonds is 4. The van der Waals surface area contributed by atoms with E-state index in [1.165, 1.54) is 0 Å². The molecule has 0 amide bonds. The average molecular weight is 301 g/mol. The molecule has 21 heavy (non-hydrogen) atoms. The lowest BCUT2D eigenvalue weighted by Gasteiger charge is -2.24. The predicted octanol–water partition coefficient (Wildman–Crippen LogP) is 3.66. The lowest BCUT2D eigenvalue weighted by molar-refractivity contribution is 0.601. The molecule has 0 atom stereocenters. The summed E-state index contributed by atoms with van der Waals surface area (Å²) in [5, 5.41) is 11.1. The molecule has 0 unspecified atom stereocenters. The van der Waals surface area contributed by atoms with E-state index >= 15 is 0 Å². The van der Waals surface area contributed by atoms with Crippen molar-refractivity contribution in [2.75, 3.05) is 5.32 Å². The average Bonchev–Trinajstić information content (AvgIpc) is 3.08. The van der Waals surface area contributed by atoms with Crippen LogP contribution in [0.4, 0.5) is 5.82 Å². The molecular weight excluding hydrogens is 282 g/mol. The van der Waals surface area contributed by atoms with Gasteiger partial charge in [-0.05, 0) is 25.8 Å². The highest BCUT2D eigenvalue weighted by Crippen LogP contribution is 2.28. The van der Waals surface area contributed by atoms with Gasteiger partial charge in [-0.1, -0.05) is 13.8 Å². The van der Waals surface area contributed by atoms with Crippen molar-refractivity contribution in [1.29, 1.82) is 0 Å². The summed E-state index contributed by atoms with van der Waals surface area (Å²) in [5.74, 6) is 1.22. The van der Waals surface area contributed by atoms with Crippen LogP contribution in [0.1, 0.15) is 44.3 Å². The third-order valence-electron chi connectivity index (χ3n) is 3.40. The van der Waals surface area contributed by atoms with Crippen LogP contribution in [0.15, 0.2) is 30.0 Å². The van der Waals surface area contributed by atoms with Crippen LogP contribution >= 0.6 is 11.3 Å². The number of nitrogens with one attached hydrogen (secondary N) is 1. The minimum absolute atomic E-state index is 0.273. The SMILES string of the molecule is CC(C)c1cc2c(NC(C)(C)c3nccs3)nccn2n1. The van der Waals surface area contributed by atoms with Crippen LogP contribution in [0.5, 0.6) is 0 Å². The van der Waals surface area contributed by atoms with Gasteiger partial charge in [-0.25, -0.2) is 14.5 Å². The van der Waals surface area contributed by atoms with E-state index in [-0.39, 0.29) is 5.54 Å². The molecule has 6 heteroatoms. The summed E-state index contributed by atoms with van der Waals surface area (Å²) in [6.07, 6.45) is 5.47. The molecule has 110 valence electrons. The standard InChI is InChI=1S/C15H19N5S/c1-10(2)11-9-12-13(16-5-7-20(12)19-11)18-15(3,4)14-17-6-8-21-14/h5-10H,1-4H3,(H,16,18). The van der Waals surface area contributed by atoms with Crippen molar-refractivity contribution < 1.29 is 0 Å². The van der Waals surface area contributed by atoms with Gasteiger partial charge in [0.2, 0.25) is 0 Å². The molecule has 0 aliphatic carbocycles. The maximum Gasteiger partial charge on any atom is 0.152 e. The van der Waals surface area contributed by atoms with Crippen LogP contribution in [0.2, 0.25) is 0 Å². The maximum absolute atomic E-state index is 4.59. The summed E-state index contributed by atoms with van der Waals surface area (Å²) < 4.78 is 1.88. The number of thiazole rings is 1. The molecule has 0 aromatic carbocycles. The van der Waals surface area contributed by atoms with Crippen molar-refractivity contribution in [3.8, 4) is 0 Å². The molecular formula is C15H19N5S. The lowest BCUT2D eigenvalue weighted by Crippen LogP contribution is -2.28. The molecule has 0 saturated heterocycles. The molecule has 3 rings (SSSR count). The minimum atomic E-state index is -0.273. The van der Waals surface area contributed by atoms with E-state index < -0.39 is 0 Å². The second kappa shape index (κ2) is 5.11. The molecule has 0 aliphatic heterocycles. The highest BCUT2D eigenvalue weighted by molar-refractivity contribution is 7.09. The van der Waals surface area contributed by atoms with Gasteiger partial charge in [-0.2, -0.15) is 5.10 Å². The molecule has 1 N–H and O–H groups in total. The fourth-order valence-electron chi connectivity index (χ4n) is 2.20. The van der Waals surface area contributed by atoms with Gasteiger partial charge in [0.25, 0.3) is 0 Å². The Balaban J connectivity index is 2.01. The number of fused-ring (bicyclic) bond motifs is 1. The molecule has 0 fully saturated rings. The summed E-state index contributed by atoms with van der Waals surface area (Å²) in [6, 6.07) is 2.10. The Morgan fingerprint density at radius 3 is 2.71 bits per heavy atom. The molecule has 0 spiro atoms. The Hall–Kier alpha value is -1.95. The zero-order chi connectivity index (χ0) is 15.0. The first-order valence-electron chi connectivity index (χ1n) is 7.00. The molecule has 0 aliphatic rings. The van der Waals surface area contributed by atoms with Gasteiger partial charge in [0.05, 0.1) is 11.2 Å². The lowest BCUT2D eigenvalue weighted by atomic mass is 10.1. The highest BCUT2D eigenvalue weighted by atomic mass is 32.1. The van der Waals surface area contributed by atoms with Crippen LogP contribution in [-0.2, 0) is 5.54 Å². The Morgan fingerprint density at radius 1 is 1.24 bits per heavy atom. The van der Waals surface area contributed by atoms with E-state index in [9.17, 15) is 0 Å². The normalized spacial score (nSPS) is 12.2. The van der Waals surface area contributed by atoms with Gasteiger partial charge >= 0.3 is 0 Å². The van der Waals surface area contributed by atoms with E-state index in [0.29, 0.717) is 5.92 Å². The smallest absolute Gasteiger partial charge is 0.152 e. The Labute approximate surface area is 128 Å². The zero-order valence-electron chi connectivity index (χ0n) is 12.7. The van der Waals surface area contributed by atoms with Crippen molar-refractivity contribution in [2.24, 2.45) is 0 Å². The van der Waals surface area contributed by atoms with Gasteiger partial charge in [-0.15, -0.1) is 11.3 Å². The number of hydrogen-bond acceptors (Lipinski definition) is 5. The minimum Gasteiger partial charge on any atom is -0.357 e. The Morgan fingerprint density at radius 2 is 2.05 bits per heavy atom. The number of hydrogen-bond donors (Lipinski definition) is 1. The quantitative estimate of drug-likeness (QED) is 0.799. The van der Waals surface area contributed by atoms with Crippen molar-refractivity contribution in [3.63, 3.8) is 0 Å². The van der Waals surface area contributed by atoms with Crippen molar-refractivity contribution >= 4 is 22.7 Å². The van der Waals surface area contributed by atoms with E-state index in [0.717, 1.165) is 22.0 Å². The van der Waals surface area contributed by atoms with Crippen LogP contribution < -0.4 is 5.32 Å². The van der Waals surface area contributed by atoms with E-state index in [4.69, 9.17) is 0 Å². The number of anilines is 1. The van der Waals surface area contributed by atoms with Gasteiger partial charge in [0.1, 0.15) is 10.5 Å². The fraction of sp³-hybridized carbons (Fsp3) is 0.400. The molecule has 3 aromatic heterocycles. The summed E-state index contributed by atoms with van der Waals surface area (Å²) in [7, 11) is 0. The van der Waals surface area contributed by atoms with E-state index in [1.54, 1.807) is 17.5 Å². The largest absolute Gasteiger partial charge is 0.357 e. The molecule has 3 heterocycles. The molecule has 0 saturated carbocycles. The summed E-state index contributed by atoms with van der Waals surface area (Å²) >= 11 is 1.64. The monoisotopic (exact) mass is 301 g/mol. The second-order valence-electron chi connectivity index (χ2n) is 5.92. The van der Waals surface area contributed by atoms with Crippen LogP contribution in [-0.4, -0.2) is 19.6 Å². The third-order valence-corrected chi connectivity index (χ3v) is 4.49. The fourth-order valence-corrected chi connectivity index (χ4v) is 2.92. The molecule has 5 nitrogen and oxygen atoms in total. The van der Waals surface area contributed by atoms with Crippen molar-refractivity contribution in [1.82, 2.24) is 19.6 Å². The molecule has 0 radical (unpaired) electrons. The van der Waals surface area contributed by atoms with Gasteiger partial charge in [0.15, 0.2) is 5.82 Å². The van der Waals surface area contributed by atoms with Crippen LogP contribution in [0, 0.1) is 0 Å². The highest BCUT2D eigenvalue weighted by Gasteiger charge is 2.24. The first-order valence-corrected chi connectivity index (χ1v) is 7.88. The number of aromatic nitrogens is 4. The predicted molar refractivity (Wildman–Crippen MR) is 85.8 cm³/mol. The Kier molecular flexibility index (Phi) is 3.41. The summed E-state index contributed by atoms with van der Waals surface area (Å²) in [6.45, 7) is 8.50. The van der Waals surface area contributed by atoms with Crippen molar-refractivity contribution in [2.45, 2.75) is 39.2 Å². The van der Waals surface area contributed by atoms with Gasteiger partial charge in [-0.3, -0.25) is 0 Å². The topological polar surface area (TPSA) is 55.1 Å². The molecule has 0 bridgehead atoms. The van der Waals surface area contributed by atoms with Gasteiger partial charge < -0.3 is 5.32 Å². The zero-order valence-corrected chi connectivity index (χ0v) is 13.5. The van der Waals surface area contributed by atoms with Crippen molar-refractivity contribution in [3.05, 3.63) is 40.7 Å². The van der Waals surface area contributed by atoms with Crippen LogP contribution in [0.3, 0.4) is 0 Å². The first-order chi connectivity index (χ1) is 9.97.